The molecule has 1 unspecified atom stereocenters. The van der Waals surface area contributed by atoms with Crippen LogP contribution in [0.2, 0.25) is 0 Å². The van der Waals surface area contributed by atoms with Crippen molar-refractivity contribution < 1.29 is 4.74 Å². The lowest BCUT2D eigenvalue weighted by atomic mass is 10.0. The molecule has 2 aromatic rings. The number of para-hydroxylation sites is 1. The van der Waals surface area contributed by atoms with E-state index in [-0.39, 0.29) is 6.04 Å². The maximum atomic E-state index is 6.08. The Kier molecular flexibility index (Phi) is 5.65. The average Bonchev–Trinajstić information content (AvgIpc) is 2.53. The normalized spacial score (nSPS) is 12.0. The number of methoxy groups -OCH3 is 1. The number of hydrogen-bond donors (Lipinski definition) is 1. The summed E-state index contributed by atoms with van der Waals surface area (Å²) in [5, 5.41) is 0. The van der Waals surface area contributed by atoms with Gasteiger partial charge in [0.25, 0.3) is 0 Å². The molecule has 2 rings (SSSR count). The lowest BCUT2D eigenvalue weighted by Gasteiger charge is -2.33. The first kappa shape index (κ1) is 15.9. The standard InChI is InChI=1S/C17H21BrN2O/c1-3-20(14-7-5-4-6-8-14)16(12-19)15-11-13(18)9-10-17(15)21-2/h4-11,16H,3,12,19H2,1-2H3. The van der Waals surface area contributed by atoms with Gasteiger partial charge in [-0.2, -0.15) is 0 Å². The fraction of sp³-hybridized carbons (Fsp3) is 0.294. The van der Waals surface area contributed by atoms with Gasteiger partial charge < -0.3 is 15.4 Å². The van der Waals surface area contributed by atoms with Crippen molar-refractivity contribution in [3.8, 4) is 5.75 Å². The molecular formula is C17H21BrN2O. The molecule has 0 spiro atoms. The van der Waals surface area contributed by atoms with Crippen LogP contribution >= 0.6 is 15.9 Å². The molecule has 0 aliphatic heterocycles. The smallest absolute Gasteiger partial charge is 0.124 e. The first-order valence-corrected chi connectivity index (χ1v) is 7.85. The molecule has 4 heteroatoms. The summed E-state index contributed by atoms with van der Waals surface area (Å²) in [5.74, 6) is 0.864. The van der Waals surface area contributed by atoms with Crippen LogP contribution in [0.25, 0.3) is 0 Å². The van der Waals surface area contributed by atoms with Crippen LogP contribution < -0.4 is 15.4 Å². The van der Waals surface area contributed by atoms with Crippen molar-refractivity contribution >= 4 is 21.6 Å². The van der Waals surface area contributed by atoms with Gasteiger partial charge in [0.05, 0.1) is 13.2 Å². The van der Waals surface area contributed by atoms with Crippen LogP contribution in [0, 0.1) is 0 Å². The largest absolute Gasteiger partial charge is 0.496 e. The maximum absolute atomic E-state index is 6.08. The van der Waals surface area contributed by atoms with Crippen molar-refractivity contribution in [3.05, 3.63) is 58.6 Å². The second kappa shape index (κ2) is 7.48. The van der Waals surface area contributed by atoms with Gasteiger partial charge >= 0.3 is 0 Å². The molecule has 0 bridgehead atoms. The van der Waals surface area contributed by atoms with Gasteiger partial charge in [0.1, 0.15) is 5.75 Å². The van der Waals surface area contributed by atoms with E-state index in [0.717, 1.165) is 28.0 Å². The van der Waals surface area contributed by atoms with E-state index in [1.165, 1.54) is 0 Å². The predicted octanol–water partition coefficient (Wildman–Crippen LogP) is 3.98. The highest BCUT2D eigenvalue weighted by molar-refractivity contribution is 9.10. The summed E-state index contributed by atoms with van der Waals surface area (Å²) >= 11 is 3.54. The Morgan fingerprint density at radius 3 is 2.48 bits per heavy atom. The Hall–Kier alpha value is -1.52. The first-order chi connectivity index (χ1) is 10.2. The molecule has 0 aliphatic carbocycles. The summed E-state index contributed by atoms with van der Waals surface area (Å²) in [4.78, 5) is 2.30. The number of benzene rings is 2. The number of hydrogen-bond acceptors (Lipinski definition) is 3. The monoisotopic (exact) mass is 348 g/mol. The Balaban J connectivity index is 2.45. The molecule has 0 aromatic heterocycles. The minimum Gasteiger partial charge on any atom is -0.496 e. The first-order valence-electron chi connectivity index (χ1n) is 7.06. The Morgan fingerprint density at radius 2 is 1.90 bits per heavy atom. The van der Waals surface area contributed by atoms with E-state index in [9.17, 15) is 0 Å². The topological polar surface area (TPSA) is 38.5 Å². The quantitative estimate of drug-likeness (QED) is 0.857. The van der Waals surface area contributed by atoms with Crippen LogP contribution in [-0.2, 0) is 0 Å². The fourth-order valence-electron chi connectivity index (χ4n) is 2.59. The molecule has 0 radical (unpaired) electrons. The second-order valence-electron chi connectivity index (χ2n) is 4.76. The van der Waals surface area contributed by atoms with Crippen LogP contribution in [0.5, 0.6) is 5.75 Å². The fourth-order valence-corrected chi connectivity index (χ4v) is 2.97. The van der Waals surface area contributed by atoms with E-state index >= 15 is 0 Å². The molecule has 0 amide bonds. The van der Waals surface area contributed by atoms with Crippen molar-refractivity contribution in [2.24, 2.45) is 5.73 Å². The molecule has 0 aliphatic rings. The number of halogens is 1. The third-order valence-corrected chi connectivity index (χ3v) is 4.07. The Labute approximate surface area is 134 Å². The number of anilines is 1. The van der Waals surface area contributed by atoms with Crippen molar-refractivity contribution in [2.75, 3.05) is 25.1 Å². The third-order valence-electron chi connectivity index (χ3n) is 3.58. The second-order valence-corrected chi connectivity index (χ2v) is 5.68. The summed E-state index contributed by atoms with van der Waals surface area (Å²) in [6.07, 6.45) is 0. The molecule has 0 saturated heterocycles. The molecule has 3 nitrogen and oxygen atoms in total. The van der Waals surface area contributed by atoms with Gasteiger partial charge in [0, 0.05) is 28.8 Å². The maximum Gasteiger partial charge on any atom is 0.124 e. The molecule has 2 aromatic carbocycles. The van der Waals surface area contributed by atoms with Crippen LogP contribution in [0.3, 0.4) is 0 Å². The van der Waals surface area contributed by atoms with E-state index in [1.807, 2.05) is 30.3 Å². The van der Waals surface area contributed by atoms with Crippen LogP contribution in [0.4, 0.5) is 5.69 Å². The molecule has 0 heterocycles. The van der Waals surface area contributed by atoms with Crippen molar-refractivity contribution in [2.45, 2.75) is 13.0 Å². The summed E-state index contributed by atoms with van der Waals surface area (Å²) in [6, 6.07) is 16.4. The zero-order chi connectivity index (χ0) is 15.2. The molecule has 21 heavy (non-hydrogen) atoms. The average molecular weight is 349 g/mol. The Bertz CT molecular complexity index is 574. The van der Waals surface area contributed by atoms with Crippen LogP contribution in [0.15, 0.2) is 53.0 Å². The van der Waals surface area contributed by atoms with Crippen molar-refractivity contribution in [3.63, 3.8) is 0 Å². The SMILES string of the molecule is CCN(c1ccccc1)C(CN)c1cc(Br)ccc1OC. The van der Waals surface area contributed by atoms with Gasteiger partial charge in [0.2, 0.25) is 0 Å². The van der Waals surface area contributed by atoms with Crippen molar-refractivity contribution in [1.82, 2.24) is 0 Å². The molecular weight excluding hydrogens is 328 g/mol. The zero-order valence-electron chi connectivity index (χ0n) is 12.4. The van der Waals surface area contributed by atoms with E-state index in [1.54, 1.807) is 7.11 Å². The summed E-state index contributed by atoms with van der Waals surface area (Å²) in [7, 11) is 1.69. The highest BCUT2D eigenvalue weighted by Gasteiger charge is 2.21. The lowest BCUT2D eigenvalue weighted by molar-refractivity contribution is 0.404. The van der Waals surface area contributed by atoms with Crippen LogP contribution in [-0.4, -0.2) is 20.2 Å². The molecule has 0 saturated carbocycles. The number of ether oxygens (including phenoxy) is 1. The molecule has 0 fully saturated rings. The minimum atomic E-state index is 0.0739. The third kappa shape index (κ3) is 3.57. The van der Waals surface area contributed by atoms with Gasteiger partial charge in [-0.3, -0.25) is 0 Å². The van der Waals surface area contributed by atoms with Gasteiger partial charge in [-0.1, -0.05) is 34.1 Å². The van der Waals surface area contributed by atoms with Gasteiger partial charge in [0.15, 0.2) is 0 Å². The highest BCUT2D eigenvalue weighted by atomic mass is 79.9. The summed E-state index contributed by atoms with van der Waals surface area (Å²) in [6.45, 7) is 3.54. The van der Waals surface area contributed by atoms with E-state index < -0.39 is 0 Å². The molecule has 112 valence electrons. The zero-order valence-corrected chi connectivity index (χ0v) is 14.0. The summed E-state index contributed by atoms with van der Waals surface area (Å²) < 4.78 is 6.54. The molecule has 1 atom stereocenters. The number of rotatable bonds is 6. The summed E-state index contributed by atoms with van der Waals surface area (Å²) in [5.41, 5.74) is 8.34. The predicted molar refractivity (Wildman–Crippen MR) is 92.0 cm³/mol. The van der Waals surface area contributed by atoms with E-state index in [4.69, 9.17) is 10.5 Å². The number of likely N-dealkylation sites (N-methyl/N-ethyl adjacent to an activating group) is 1. The van der Waals surface area contributed by atoms with E-state index in [0.29, 0.717) is 6.54 Å². The highest BCUT2D eigenvalue weighted by Crippen LogP contribution is 2.33. The Morgan fingerprint density at radius 1 is 1.19 bits per heavy atom. The van der Waals surface area contributed by atoms with Crippen LogP contribution in [0.1, 0.15) is 18.5 Å². The minimum absolute atomic E-state index is 0.0739. The number of nitrogens with two attached hydrogens (primary N) is 1. The van der Waals surface area contributed by atoms with Gasteiger partial charge in [-0.05, 0) is 37.3 Å². The van der Waals surface area contributed by atoms with Gasteiger partial charge in [-0.15, -0.1) is 0 Å². The van der Waals surface area contributed by atoms with Crippen molar-refractivity contribution in [1.29, 1.82) is 0 Å². The lowest BCUT2D eigenvalue weighted by Crippen LogP contribution is -2.34. The van der Waals surface area contributed by atoms with Gasteiger partial charge in [-0.25, -0.2) is 0 Å². The van der Waals surface area contributed by atoms with E-state index in [2.05, 4.69) is 46.0 Å². The molecule has 2 N–H and O–H groups in total. The number of nitrogens with zero attached hydrogens (tertiary/aromatic N) is 1.